The zero-order valence-corrected chi connectivity index (χ0v) is 10.7. The average Bonchev–Trinajstić information content (AvgIpc) is 2.30. The quantitative estimate of drug-likeness (QED) is 0.656. The van der Waals surface area contributed by atoms with Crippen molar-refractivity contribution in [1.82, 2.24) is 5.32 Å². The highest BCUT2D eigenvalue weighted by Gasteiger charge is 1.88. The molecule has 17 heavy (non-hydrogen) atoms. The Morgan fingerprint density at radius 1 is 1.18 bits per heavy atom. The van der Waals surface area contributed by atoms with E-state index in [1.807, 2.05) is 18.2 Å². The number of nitrogens with two attached hydrogens (primary N) is 1. The second-order valence-electron chi connectivity index (χ2n) is 3.69. The van der Waals surface area contributed by atoms with Crippen LogP contribution < -0.4 is 11.1 Å². The predicted octanol–water partition coefficient (Wildman–Crippen LogP) is 2.16. The number of aromatic hydroxyl groups is 1. The molecule has 0 radical (unpaired) electrons. The van der Waals surface area contributed by atoms with Crippen molar-refractivity contribution in [2.75, 3.05) is 19.6 Å². The molecule has 0 atom stereocenters. The van der Waals surface area contributed by atoms with Gasteiger partial charge in [-0.1, -0.05) is 24.3 Å². The lowest BCUT2D eigenvalue weighted by Crippen LogP contribution is -2.15. The van der Waals surface area contributed by atoms with Gasteiger partial charge in [-0.05, 0) is 43.6 Å². The van der Waals surface area contributed by atoms with Crippen molar-refractivity contribution >= 4 is 18.5 Å². The maximum absolute atomic E-state index is 9.10. The lowest BCUT2D eigenvalue weighted by molar-refractivity contribution is 0.475. The molecular weight excluding hydrogens is 236 g/mol. The fourth-order valence-corrected chi connectivity index (χ4v) is 1.36. The SMILES string of the molecule is Cl.NCCCCNCC=Cc1ccc(O)cc1. The van der Waals surface area contributed by atoms with E-state index in [2.05, 4.69) is 11.4 Å². The third-order valence-electron chi connectivity index (χ3n) is 2.27. The van der Waals surface area contributed by atoms with Gasteiger partial charge in [0, 0.05) is 6.54 Å². The first-order valence-electron chi connectivity index (χ1n) is 5.69. The molecular formula is C13H21ClN2O. The Morgan fingerprint density at radius 3 is 2.53 bits per heavy atom. The number of benzene rings is 1. The fourth-order valence-electron chi connectivity index (χ4n) is 1.36. The molecule has 3 nitrogen and oxygen atoms in total. The first-order chi connectivity index (χ1) is 7.83. The van der Waals surface area contributed by atoms with Gasteiger partial charge in [-0.2, -0.15) is 0 Å². The molecule has 1 aromatic carbocycles. The van der Waals surface area contributed by atoms with Crippen molar-refractivity contribution < 1.29 is 5.11 Å². The van der Waals surface area contributed by atoms with Gasteiger partial charge in [0.05, 0.1) is 0 Å². The molecule has 1 rings (SSSR count). The van der Waals surface area contributed by atoms with Crippen molar-refractivity contribution in [3.63, 3.8) is 0 Å². The van der Waals surface area contributed by atoms with Gasteiger partial charge in [-0.25, -0.2) is 0 Å². The largest absolute Gasteiger partial charge is 0.508 e. The number of unbranched alkanes of at least 4 members (excludes halogenated alkanes) is 1. The number of phenols is 1. The molecule has 0 bridgehead atoms. The van der Waals surface area contributed by atoms with E-state index in [0.29, 0.717) is 5.75 Å². The van der Waals surface area contributed by atoms with Crippen LogP contribution in [-0.4, -0.2) is 24.7 Å². The molecule has 0 saturated carbocycles. The summed E-state index contributed by atoms with van der Waals surface area (Å²) in [5.74, 6) is 0.303. The van der Waals surface area contributed by atoms with E-state index in [1.165, 1.54) is 0 Å². The first kappa shape index (κ1) is 16.0. The number of hydrogen-bond donors (Lipinski definition) is 3. The summed E-state index contributed by atoms with van der Waals surface area (Å²) in [5, 5.41) is 12.4. The van der Waals surface area contributed by atoms with E-state index in [9.17, 15) is 0 Å². The van der Waals surface area contributed by atoms with Crippen molar-refractivity contribution in [3.8, 4) is 5.75 Å². The van der Waals surface area contributed by atoms with E-state index in [0.717, 1.165) is 38.0 Å². The van der Waals surface area contributed by atoms with Crippen molar-refractivity contribution in [2.24, 2.45) is 5.73 Å². The lowest BCUT2D eigenvalue weighted by atomic mass is 10.2. The minimum Gasteiger partial charge on any atom is -0.508 e. The van der Waals surface area contributed by atoms with Crippen molar-refractivity contribution in [1.29, 1.82) is 0 Å². The average molecular weight is 257 g/mol. The fraction of sp³-hybridized carbons (Fsp3) is 0.385. The molecule has 4 N–H and O–H groups in total. The third-order valence-corrected chi connectivity index (χ3v) is 2.27. The van der Waals surface area contributed by atoms with Gasteiger partial charge in [0.15, 0.2) is 0 Å². The number of phenolic OH excluding ortho intramolecular Hbond substituents is 1. The van der Waals surface area contributed by atoms with E-state index in [-0.39, 0.29) is 12.4 Å². The molecule has 1 aromatic rings. The summed E-state index contributed by atoms with van der Waals surface area (Å²) in [6, 6.07) is 7.16. The number of rotatable bonds is 7. The maximum atomic E-state index is 9.10. The topological polar surface area (TPSA) is 58.3 Å². The van der Waals surface area contributed by atoms with Crippen LogP contribution in [0.5, 0.6) is 5.75 Å². The summed E-state index contributed by atoms with van der Waals surface area (Å²) in [5.41, 5.74) is 6.49. The summed E-state index contributed by atoms with van der Waals surface area (Å²) in [4.78, 5) is 0. The number of halogens is 1. The van der Waals surface area contributed by atoms with Crippen molar-refractivity contribution in [2.45, 2.75) is 12.8 Å². The van der Waals surface area contributed by atoms with Crippen LogP contribution in [0.3, 0.4) is 0 Å². The third kappa shape index (κ3) is 7.80. The molecule has 0 amide bonds. The van der Waals surface area contributed by atoms with Gasteiger partial charge in [0.2, 0.25) is 0 Å². The molecule has 0 aromatic heterocycles. The molecule has 0 saturated heterocycles. The van der Waals surface area contributed by atoms with Crippen LogP contribution in [0, 0.1) is 0 Å². The number of nitrogens with one attached hydrogen (secondary N) is 1. The smallest absolute Gasteiger partial charge is 0.115 e. The summed E-state index contributed by atoms with van der Waals surface area (Å²) < 4.78 is 0. The van der Waals surface area contributed by atoms with Gasteiger partial charge in [0.1, 0.15) is 5.75 Å². The Morgan fingerprint density at radius 2 is 1.88 bits per heavy atom. The van der Waals surface area contributed by atoms with Gasteiger partial charge in [-0.15, -0.1) is 12.4 Å². The molecule has 0 aliphatic heterocycles. The monoisotopic (exact) mass is 256 g/mol. The standard InChI is InChI=1S/C13H20N2O.ClH/c14-9-1-2-10-15-11-3-4-12-5-7-13(16)8-6-12;/h3-8,15-16H,1-2,9-11,14H2;1H. The predicted molar refractivity (Wildman–Crippen MR) is 75.5 cm³/mol. The summed E-state index contributed by atoms with van der Waals surface area (Å²) in [7, 11) is 0. The van der Waals surface area contributed by atoms with Crippen LogP contribution in [0.2, 0.25) is 0 Å². The van der Waals surface area contributed by atoms with Crippen LogP contribution >= 0.6 is 12.4 Å². The van der Waals surface area contributed by atoms with Crippen LogP contribution in [0.4, 0.5) is 0 Å². The van der Waals surface area contributed by atoms with Crippen LogP contribution in [0.15, 0.2) is 30.3 Å². The Hall–Kier alpha value is -1.03. The Kier molecular flexibility index (Phi) is 9.53. The zero-order chi connectivity index (χ0) is 11.6. The first-order valence-corrected chi connectivity index (χ1v) is 5.69. The van der Waals surface area contributed by atoms with Crippen molar-refractivity contribution in [3.05, 3.63) is 35.9 Å². The van der Waals surface area contributed by atoms with Crippen LogP contribution in [0.1, 0.15) is 18.4 Å². The Labute approximate surface area is 109 Å². The Bertz CT molecular complexity index is 312. The minimum absolute atomic E-state index is 0. The molecule has 0 aliphatic rings. The lowest BCUT2D eigenvalue weighted by Gasteiger charge is -1.99. The highest BCUT2D eigenvalue weighted by Crippen LogP contribution is 2.10. The van der Waals surface area contributed by atoms with E-state index < -0.39 is 0 Å². The molecule has 4 heteroatoms. The maximum Gasteiger partial charge on any atom is 0.115 e. The van der Waals surface area contributed by atoms with Gasteiger partial charge >= 0.3 is 0 Å². The second kappa shape index (κ2) is 10.1. The normalized spacial score (nSPS) is 10.4. The minimum atomic E-state index is 0. The molecule has 96 valence electrons. The van der Waals surface area contributed by atoms with E-state index >= 15 is 0 Å². The van der Waals surface area contributed by atoms with E-state index in [4.69, 9.17) is 10.8 Å². The van der Waals surface area contributed by atoms with Gasteiger partial charge in [-0.3, -0.25) is 0 Å². The second-order valence-corrected chi connectivity index (χ2v) is 3.69. The molecule has 0 heterocycles. The summed E-state index contributed by atoms with van der Waals surface area (Å²) in [6.07, 6.45) is 6.32. The highest BCUT2D eigenvalue weighted by atomic mass is 35.5. The van der Waals surface area contributed by atoms with E-state index in [1.54, 1.807) is 12.1 Å². The zero-order valence-electron chi connectivity index (χ0n) is 9.93. The molecule has 0 unspecified atom stereocenters. The van der Waals surface area contributed by atoms with Crippen LogP contribution in [0.25, 0.3) is 6.08 Å². The molecule has 0 spiro atoms. The number of hydrogen-bond acceptors (Lipinski definition) is 3. The summed E-state index contributed by atoms with van der Waals surface area (Å²) in [6.45, 7) is 2.65. The van der Waals surface area contributed by atoms with Crippen LogP contribution in [-0.2, 0) is 0 Å². The molecule has 0 aliphatic carbocycles. The molecule has 0 fully saturated rings. The Balaban J connectivity index is 0.00000256. The van der Waals surface area contributed by atoms with Gasteiger partial charge < -0.3 is 16.2 Å². The van der Waals surface area contributed by atoms with Gasteiger partial charge in [0.25, 0.3) is 0 Å². The highest BCUT2D eigenvalue weighted by molar-refractivity contribution is 5.85. The summed E-state index contributed by atoms with van der Waals surface area (Å²) >= 11 is 0.